The van der Waals surface area contributed by atoms with Gasteiger partial charge in [0.1, 0.15) is 0 Å². The second-order valence-electron chi connectivity index (χ2n) is 7.26. The van der Waals surface area contributed by atoms with E-state index in [0.717, 1.165) is 30.6 Å². The number of unbranched alkanes of at least 4 members (excludes halogenated alkanes) is 1. The predicted molar refractivity (Wildman–Crippen MR) is 77.6 cm³/mol. The van der Waals surface area contributed by atoms with Gasteiger partial charge in [-0.05, 0) is 63.2 Å². The highest BCUT2D eigenvalue weighted by Gasteiger charge is 2.34. The molecule has 2 aliphatic rings. The molecule has 0 aromatic carbocycles. The van der Waals surface area contributed by atoms with Crippen LogP contribution in [0, 0.1) is 17.8 Å². The molecule has 1 heteroatoms. The molecule has 0 aromatic heterocycles. The standard InChI is InChI=1S/C17H32O/c1-3-4-5-14-6-8-15(9-7-14)16-10-12-17(2,18)13-11-16/h14-16,18H,3-13H2,1-2H3. The Morgan fingerprint density at radius 3 is 2.06 bits per heavy atom. The van der Waals surface area contributed by atoms with E-state index in [1.807, 2.05) is 6.92 Å². The van der Waals surface area contributed by atoms with E-state index < -0.39 is 0 Å². The van der Waals surface area contributed by atoms with Crippen molar-refractivity contribution in [3.05, 3.63) is 0 Å². The summed E-state index contributed by atoms with van der Waals surface area (Å²) in [5.41, 5.74) is -0.352. The predicted octanol–water partition coefficient (Wildman–Crippen LogP) is 4.92. The Bertz CT molecular complexity index is 228. The van der Waals surface area contributed by atoms with Gasteiger partial charge < -0.3 is 5.11 Å². The van der Waals surface area contributed by atoms with Crippen molar-refractivity contribution < 1.29 is 5.11 Å². The molecular formula is C17H32O. The summed E-state index contributed by atoms with van der Waals surface area (Å²) in [7, 11) is 0. The molecule has 0 bridgehead atoms. The summed E-state index contributed by atoms with van der Waals surface area (Å²) in [6.45, 7) is 4.32. The molecule has 2 fully saturated rings. The molecule has 2 aliphatic carbocycles. The Balaban J connectivity index is 1.70. The van der Waals surface area contributed by atoms with Crippen molar-refractivity contribution >= 4 is 0 Å². The lowest BCUT2D eigenvalue weighted by Gasteiger charge is -2.40. The fourth-order valence-corrected chi connectivity index (χ4v) is 4.17. The fourth-order valence-electron chi connectivity index (χ4n) is 4.17. The van der Waals surface area contributed by atoms with Gasteiger partial charge >= 0.3 is 0 Å². The SMILES string of the molecule is CCCCC1CCC(C2CCC(C)(O)CC2)CC1. The highest BCUT2D eigenvalue weighted by atomic mass is 16.3. The maximum atomic E-state index is 10.0. The molecule has 0 amide bonds. The second kappa shape index (κ2) is 6.41. The van der Waals surface area contributed by atoms with Crippen LogP contribution in [-0.2, 0) is 0 Å². The van der Waals surface area contributed by atoms with Crippen LogP contribution in [0.4, 0.5) is 0 Å². The van der Waals surface area contributed by atoms with E-state index in [2.05, 4.69) is 6.92 Å². The van der Waals surface area contributed by atoms with Gasteiger partial charge in [0, 0.05) is 0 Å². The van der Waals surface area contributed by atoms with Crippen LogP contribution in [0.1, 0.15) is 84.5 Å². The summed E-state index contributed by atoms with van der Waals surface area (Å²) in [5, 5.41) is 10.0. The van der Waals surface area contributed by atoms with Gasteiger partial charge in [-0.3, -0.25) is 0 Å². The monoisotopic (exact) mass is 252 g/mol. The van der Waals surface area contributed by atoms with Gasteiger partial charge in [-0.25, -0.2) is 0 Å². The zero-order valence-electron chi connectivity index (χ0n) is 12.5. The van der Waals surface area contributed by atoms with Crippen molar-refractivity contribution in [3.63, 3.8) is 0 Å². The molecule has 2 saturated carbocycles. The summed E-state index contributed by atoms with van der Waals surface area (Å²) in [6.07, 6.45) is 14.8. The lowest BCUT2D eigenvalue weighted by molar-refractivity contribution is -0.00578. The Morgan fingerprint density at radius 1 is 0.944 bits per heavy atom. The van der Waals surface area contributed by atoms with Crippen LogP contribution in [-0.4, -0.2) is 10.7 Å². The molecule has 0 saturated heterocycles. The molecule has 0 atom stereocenters. The first-order valence-electron chi connectivity index (χ1n) is 8.33. The first-order chi connectivity index (χ1) is 8.61. The van der Waals surface area contributed by atoms with Crippen LogP contribution in [0.25, 0.3) is 0 Å². The zero-order chi connectivity index (χ0) is 13.0. The van der Waals surface area contributed by atoms with Crippen LogP contribution in [0.3, 0.4) is 0 Å². The molecule has 2 rings (SSSR count). The van der Waals surface area contributed by atoms with Gasteiger partial charge in [0.05, 0.1) is 5.60 Å². The smallest absolute Gasteiger partial charge is 0.0620 e. The first kappa shape index (κ1) is 14.4. The lowest BCUT2D eigenvalue weighted by atomic mass is 9.68. The van der Waals surface area contributed by atoms with Gasteiger partial charge in [-0.2, -0.15) is 0 Å². The summed E-state index contributed by atoms with van der Waals surface area (Å²) in [5.74, 6) is 2.95. The largest absolute Gasteiger partial charge is 0.390 e. The molecule has 0 aromatic rings. The Labute approximate surface area is 113 Å². The summed E-state index contributed by atoms with van der Waals surface area (Å²) in [6, 6.07) is 0. The van der Waals surface area contributed by atoms with Gasteiger partial charge in [0.15, 0.2) is 0 Å². The molecule has 0 unspecified atom stereocenters. The molecule has 0 aliphatic heterocycles. The van der Waals surface area contributed by atoms with Gasteiger partial charge in [0.2, 0.25) is 0 Å². The molecule has 1 N–H and O–H groups in total. The summed E-state index contributed by atoms with van der Waals surface area (Å²) in [4.78, 5) is 0. The molecule has 0 spiro atoms. The highest BCUT2D eigenvalue weighted by molar-refractivity contribution is 4.86. The lowest BCUT2D eigenvalue weighted by Crippen LogP contribution is -2.34. The Morgan fingerprint density at radius 2 is 1.50 bits per heavy atom. The highest BCUT2D eigenvalue weighted by Crippen LogP contribution is 2.43. The summed E-state index contributed by atoms with van der Waals surface area (Å²) < 4.78 is 0. The minimum atomic E-state index is -0.352. The van der Waals surface area contributed by atoms with Gasteiger partial charge in [-0.1, -0.05) is 39.0 Å². The van der Waals surface area contributed by atoms with E-state index in [1.165, 1.54) is 57.8 Å². The maximum absolute atomic E-state index is 10.0. The van der Waals surface area contributed by atoms with E-state index in [1.54, 1.807) is 0 Å². The molecule has 0 heterocycles. The molecule has 18 heavy (non-hydrogen) atoms. The van der Waals surface area contributed by atoms with Crippen molar-refractivity contribution in [3.8, 4) is 0 Å². The third-order valence-electron chi connectivity index (χ3n) is 5.63. The van der Waals surface area contributed by atoms with Crippen LogP contribution in [0.2, 0.25) is 0 Å². The quantitative estimate of drug-likeness (QED) is 0.752. The van der Waals surface area contributed by atoms with E-state index in [9.17, 15) is 5.11 Å². The van der Waals surface area contributed by atoms with E-state index in [4.69, 9.17) is 0 Å². The fraction of sp³-hybridized carbons (Fsp3) is 1.00. The van der Waals surface area contributed by atoms with Crippen LogP contribution in [0.15, 0.2) is 0 Å². The van der Waals surface area contributed by atoms with Crippen LogP contribution >= 0.6 is 0 Å². The van der Waals surface area contributed by atoms with Crippen molar-refractivity contribution in [2.45, 2.75) is 90.1 Å². The normalized spacial score (nSPS) is 41.8. The van der Waals surface area contributed by atoms with E-state index in [0.29, 0.717) is 0 Å². The average Bonchev–Trinajstić information content (AvgIpc) is 2.37. The molecule has 106 valence electrons. The number of rotatable bonds is 4. The minimum Gasteiger partial charge on any atom is -0.390 e. The molecular weight excluding hydrogens is 220 g/mol. The Kier molecular flexibility index (Phi) is 5.12. The van der Waals surface area contributed by atoms with Gasteiger partial charge in [-0.15, -0.1) is 0 Å². The maximum Gasteiger partial charge on any atom is 0.0620 e. The van der Waals surface area contributed by atoms with Gasteiger partial charge in [0.25, 0.3) is 0 Å². The summed E-state index contributed by atoms with van der Waals surface area (Å²) >= 11 is 0. The van der Waals surface area contributed by atoms with Crippen molar-refractivity contribution in [1.82, 2.24) is 0 Å². The minimum absolute atomic E-state index is 0.352. The zero-order valence-corrected chi connectivity index (χ0v) is 12.5. The number of hydrogen-bond acceptors (Lipinski definition) is 1. The molecule has 0 radical (unpaired) electrons. The topological polar surface area (TPSA) is 20.2 Å². The van der Waals surface area contributed by atoms with Crippen LogP contribution in [0.5, 0.6) is 0 Å². The van der Waals surface area contributed by atoms with Crippen LogP contribution < -0.4 is 0 Å². The second-order valence-corrected chi connectivity index (χ2v) is 7.26. The Hall–Kier alpha value is -0.0400. The average molecular weight is 252 g/mol. The molecule has 1 nitrogen and oxygen atoms in total. The van der Waals surface area contributed by atoms with Crippen molar-refractivity contribution in [2.24, 2.45) is 17.8 Å². The van der Waals surface area contributed by atoms with E-state index in [-0.39, 0.29) is 5.60 Å². The third kappa shape index (κ3) is 3.98. The third-order valence-corrected chi connectivity index (χ3v) is 5.63. The first-order valence-corrected chi connectivity index (χ1v) is 8.33. The van der Waals surface area contributed by atoms with Crippen molar-refractivity contribution in [1.29, 1.82) is 0 Å². The number of aliphatic hydroxyl groups is 1. The number of hydrogen-bond donors (Lipinski definition) is 1. The van der Waals surface area contributed by atoms with E-state index >= 15 is 0 Å². The van der Waals surface area contributed by atoms with Crippen molar-refractivity contribution in [2.75, 3.05) is 0 Å².